The third-order valence-corrected chi connectivity index (χ3v) is 9.53. The summed E-state index contributed by atoms with van der Waals surface area (Å²) in [4.78, 5) is 9.26. The van der Waals surface area contributed by atoms with Crippen LogP contribution >= 0.6 is 0 Å². The van der Waals surface area contributed by atoms with Crippen LogP contribution in [0.2, 0.25) is 0 Å². The second kappa shape index (κ2) is 21.4. The van der Waals surface area contributed by atoms with Gasteiger partial charge < -0.3 is 5.73 Å². The Labute approximate surface area is 329 Å². The fraction of sp³-hybridized carbons (Fsp3) is 0.154. The van der Waals surface area contributed by atoms with E-state index in [9.17, 15) is 0 Å². The van der Waals surface area contributed by atoms with E-state index in [1.54, 1.807) is 6.20 Å². The van der Waals surface area contributed by atoms with Crippen molar-refractivity contribution in [2.24, 2.45) is 10.7 Å². The maximum atomic E-state index is 6.65. The minimum atomic E-state index is -0.288. The van der Waals surface area contributed by atoms with Gasteiger partial charge in [0, 0.05) is 12.4 Å². The smallest absolute Gasteiger partial charge is 0.121 e. The van der Waals surface area contributed by atoms with Crippen LogP contribution in [-0.4, -0.2) is 10.8 Å². The molecular formula is C52H53N3. The van der Waals surface area contributed by atoms with Crippen molar-refractivity contribution in [3.8, 4) is 22.3 Å². The van der Waals surface area contributed by atoms with E-state index in [0.29, 0.717) is 12.3 Å². The van der Waals surface area contributed by atoms with E-state index in [-0.39, 0.29) is 6.04 Å². The molecule has 0 aliphatic rings. The molecular weight excluding hydrogens is 667 g/mol. The van der Waals surface area contributed by atoms with Gasteiger partial charge in [-0.15, -0.1) is 0 Å². The van der Waals surface area contributed by atoms with Crippen LogP contribution in [0.3, 0.4) is 0 Å². The zero-order chi connectivity index (χ0) is 38.7. The SMILES string of the molecule is C=C(CC/C=C/c1ccccc1C/C=C\C=C/CC)C(=C)CCC(=C)C(N)=NC(/C=C/c1ccc(-c2cccnc2)cc1)c1ccc(-c2ccccc2)cc1. The quantitative estimate of drug-likeness (QED) is 0.0525. The summed E-state index contributed by atoms with van der Waals surface area (Å²) >= 11 is 0. The number of aliphatic imine (C=N–C) groups is 1. The first-order valence-corrected chi connectivity index (χ1v) is 19.2. The van der Waals surface area contributed by atoms with Crippen molar-refractivity contribution in [3.63, 3.8) is 0 Å². The molecule has 1 unspecified atom stereocenters. The van der Waals surface area contributed by atoms with Crippen molar-refractivity contribution < 1.29 is 0 Å². The Morgan fingerprint density at radius 2 is 1.29 bits per heavy atom. The highest BCUT2D eigenvalue weighted by Gasteiger charge is 2.11. The standard InChI is InChI=1S/C52H53N3/c1-5-6-7-8-10-19-44-23-15-16-24-45(44)22-14-13-18-40(2)41(3)26-27-42(4)52(53)55-51(49-35-33-47(34-36-49)46-20-11-9-12-21-46)37-30-43-28-31-48(32-29-43)50-25-17-38-54-39-50/h6-12,14-17,20-25,28-39,51H,2-5,13,18-19,26-27H2,1H3,(H2,53,55)/b7-6-,10-8-,22-14+,37-30+. The average Bonchev–Trinajstić information content (AvgIpc) is 3.24. The zero-order valence-electron chi connectivity index (χ0n) is 32.2. The minimum Gasteiger partial charge on any atom is -0.384 e. The highest BCUT2D eigenvalue weighted by atomic mass is 14.9. The van der Waals surface area contributed by atoms with E-state index in [2.05, 4.69) is 183 Å². The molecule has 0 aliphatic carbocycles. The lowest BCUT2D eigenvalue weighted by Gasteiger charge is -2.14. The van der Waals surface area contributed by atoms with Gasteiger partial charge in [-0.1, -0.05) is 196 Å². The van der Waals surface area contributed by atoms with Gasteiger partial charge in [-0.05, 0) is 94.7 Å². The maximum Gasteiger partial charge on any atom is 0.121 e. The van der Waals surface area contributed by atoms with E-state index in [0.717, 1.165) is 76.6 Å². The number of amidine groups is 1. The fourth-order valence-electron chi connectivity index (χ4n) is 6.12. The van der Waals surface area contributed by atoms with Crippen molar-refractivity contribution in [2.75, 3.05) is 0 Å². The number of aromatic nitrogens is 1. The Hall–Kier alpha value is -6.32. The monoisotopic (exact) mass is 719 g/mol. The molecule has 0 bridgehead atoms. The Bertz CT molecular complexity index is 2150. The summed E-state index contributed by atoms with van der Waals surface area (Å²) in [5, 5.41) is 0. The van der Waals surface area contributed by atoms with E-state index in [1.807, 2.05) is 18.3 Å². The summed E-state index contributed by atoms with van der Waals surface area (Å²) < 4.78 is 0. The van der Waals surface area contributed by atoms with Gasteiger partial charge in [0.2, 0.25) is 0 Å². The van der Waals surface area contributed by atoms with Crippen LogP contribution in [0.25, 0.3) is 34.4 Å². The summed E-state index contributed by atoms with van der Waals surface area (Å²) in [6.07, 6.45) is 26.0. The number of hydrogen-bond acceptors (Lipinski definition) is 2. The number of nitrogens with zero attached hydrogens (tertiary/aromatic N) is 2. The highest BCUT2D eigenvalue weighted by molar-refractivity contribution is 5.96. The molecule has 0 saturated heterocycles. The Balaban J connectivity index is 1.20. The van der Waals surface area contributed by atoms with Gasteiger partial charge in [0.1, 0.15) is 5.84 Å². The molecule has 276 valence electrons. The topological polar surface area (TPSA) is 51.3 Å². The van der Waals surface area contributed by atoms with Gasteiger partial charge in [-0.2, -0.15) is 0 Å². The second-order valence-corrected chi connectivity index (χ2v) is 13.6. The lowest BCUT2D eigenvalue weighted by atomic mass is 9.97. The molecule has 1 heterocycles. The average molecular weight is 720 g/mol. The van der Waals surface area contributed by atoms with Gasteiger partial charge in [0.25, 0.3) is 0 Å². The van der Waals surface area contributed by atoms with Crippen molar-refractivity contribution in [1.29, 1.82) is 0 Å². The molecule has 3 nitrogen and oxygen atoms in total. The molecule has 3 heteroatoms. The van der Waals surface area contributed by atoms with Gasteiger partial charge >= 0.3 is 0 Å². The van der Waals surface area contributed by atoms with Crippen molar-refractivity contribution in [1.82, 2.24) is 4.98 Å². The molecule has 0 saturated carbocycles. The molecule has 1 atom stereocenters. The molecule has 0 amide bonds. The van der Waals surface area contributed by atoms with Crippen LogP contribution in [0.4, 0.5) is 0 Å². The number of hydrogen-bond donors (Lipinski definition) is 1. The van der Waals surface area contributed by atoms with Gasteiger partial charge in [0.05, 0.1) is 6.04 Å². The number of benzene rings is 4. The Morgan fingerprint density at radius 3 is 2.04 bits per heavy atom. The third kappa shape index (κ3) is 12.7. The largest absolute Gasteiger partial charge is 0.384 e. The van der Waals surface area contributed by atoms with Crippen LogP contribution in [-0.2, 0) is 6.42 Å². The van der Waals surface area contributed by atoms with E-state index in [4.69, 9.17) is 10.7 Å². The molecule has 0 radical (unpaired) electrons. The molecule has 55 heavy (non-hydrogen) atoms. The number of pyridine rings is 1. The third-order valence-electron chi connectivity index (χ3n) is 9.53. The van der Waals surface area contributed by atoms with E-state index in [1.165, 1.54) is 16.7 Å². The summed E-state index contributed by atoms with van der Waals surface area (Å²) in [6.45, 7) is 15.2. The molecule has 5 rings (SSSR count). The Morgan fingerprint density at radius 1 is 0.655 bits per heavy atom. The molecule has 2 N–H and O–H groups in total. The highest BCUT2D eigenvalue weighted by Crippen LogP contribution is 2.27. The normalized spacial score (nSPS) is 12.6. The van der Waals surface area contributed by atoms with Gasteiger partial charge in [0.15, 0.2) is 0 Å². The first kappa shape index (κ1) is 39.9. The molecule has 0 aliphatic heterocycles. The Kier molecular flexibility index (Phi) is 15.5. The second-order valence-electron chi connectivity index (χ2n) is 13.6. The summed E-state index contributed by atoms with van der Waals surface area (Å²) in [5.74, 6) is 0.449. The number of rotatable bonds is 19. The fourth-order valence-corrected chi connectivity index (χ4v) is 6.12. The van der Waals surface area contributed by atoms with E-state index < -0.39 is 0 Å². The molecule has 1 aromatic heterocycles. The van der Waals surface area contributed by atoms with E-state index >= 15 is 0 Å². The number of allylic oxidation sites excluding steroid dienone is 7. The molecule has 0 fully saturated rings. The molecule has 5 aromatic rings. The van der Waals surface area contributed by atoms with Gasteiger partial charge in [-0.3, -0.25) is 9.98 Å². The van der Waals surface area contributed by atoms with Crippen LogP contribution in [0.15, 0.2) is 206 Å². The predicted octanol–water partition coefficient (Wildman–Crippen LogP) is 13.5. The predicted molar refractivity (Wildman–Crippen MR) is 239 cm³/mol. The summed E-state index contributed by atoms with van der Waals surface area (Å²) in [6, 6.07) is 39.7. The van der Waals surface area contributed by atoms with Crippen molar-refractivity contribution in [3.05, 3.63) is 223 Å². The summed E-state index contributed by atoms with van der Waals surface area (Å²) in [5.41, 5.74) is 18.8. The first-order valence-electron chi connectivity index (χ1n) is 19.2. The lowest BCUT2D eigenvalue weighted by Crippen LogP contribution is -2.16. The number of nitrogens with two attached hydrogens (primary N) is 1. The molecule has 0 spiro atoms. The zero-order valence-corrected chi connectivity index (χ0v) is 32.2. The first-order chi connectivity index (χ1) is 26.9. The van der Waals surface area contributed by atoms with Gasteiger partial charge in [-0.25, -0.2) is 0 Å². The lowest BCUT2D eigenvalue weighted by molar-refractivity contribution is 0.893. The van der Waals surface area contributed by atoms with Crippen molar-refractivity contribution >= 4 is 18.0 Å². The minimum absolute atomic E-state index is 0.288. The molecule has 4 aromatic carbocycles. The van der Waals surface area contributed by atoms with Crippen LogP contribution < -0.4 is 5.73 Å². The maximum absolute atomic E-state index is 6.65. The van der Waals surface area contributed by atoms with Crippen LogP contribution in [0, 0.1) is 0 Å². The van der Waals surface area contributed by atoms with Crippen molar-refractivity contribution in [2.45, 2.75) is 51.5 Å². The van der Waals surface area contributed by atoms with Crippen LogP contribution in [0.1, 0.15) is 67.3 Å². The van der Waals surface area contributed by atoms with Crippen LogP contribution in [0.5, 0.6) is 0 Å². The summed E-state index contributed by atoms with van der Waals surface area (Å²) in [7, 11) is 0.